The number of nitro groups is 1. The first-order chi connectivity index (χ1) is 11.5. The van der Waals surface area contributed by atoms with Crippen molar-refractivity contribution in [2.24, 2.45) is 0 Å². The van der Waals surface area contributed by atoms with Crippen LogP contribution in [0.4, 0.5) is 15.8 Å². The standard InChI is InChI=1S/C16H19FN4O3/c1-2-6-18-16(22)12-19-7-3-8-20(10-9-19)15-5-4-13(21(23)24)11-14(15)17/h1,4-5,11H,3,6-10,12H2,(H,18,22). The van der Waals surface area contributed by atoms with Crippen molar-refractivity contribution in [2.75, 3.05) is 44.2 Å². The van der Waals surface area contributed by atoms with Crippen LogP contribution in [0.3, 0.4) is 0 Å². The number of hydrogen-bond acceptors (Lipinski definition) is 5. The second kappa shape index (κ2) is 8.26. The van der Waals surface area contributed by atoms with Gasteiger partial charge in [-0.15, -0.1) is 6.42 Å². The molecule has 1 saturated heterocycles. The second-order valence-corrected chi connectivity index (χ2v) is 5.49. The van der Waals surface area contributed by atoms with E-state index in [2.05, 4.69) is 11.2 Å². The molecule has 1 fully saturated rings. The maximum atomic E-state index is 14.1. The minimum absolute atomic E-state index is 0.136. The van der Waals surface area contributed by atoms with Crippen LogP contribution in [0.15, 0.2) is 18.2 Å². The van der Waals surface area contributed by atoms with E-state index < -0.39 is 10.7 Å². The van der Waals surface area contributed by atoms with Crippen molar-refractivity contribution in [1.29, 1.82) is 0 Å². The molecule has 24 heavy (non-hydrogen) atoms. The van der Waals surface area contributed by atoms with E-state index in [4.69, 9.17) is 6.42 Å². The summed E-state index contributed by atoms with van der Waals surface area (Å²) < 4.78 is 14.1. The largest absolute Gasteiger partial charge is 0.368 e. The van der Waals surface area contributed by atoms with Crippen molar-refractivity contribution in [3.8, 4) is 12.3 Å². The Balaban J connectivity index is 1.97. The summed E-state index contributed by atoms with van der Waals surface area (Å²) in [6.07, 6.45) is 5.86. The summed E-state index contributed by atoms with van der Waals surface area (Å²) in [4.78, 5) is 25.6. The molecule has 0 bridgehead atoms. The number of hydrogen-bond donors (Lipinski definition) is 1. The molecule has 2 rings (SSSR count). The number of nitro benzene ring substituents is 1. The molecule has 0 radical (unpaired) electrons. The van der Waals surface area contributed by atoms with Gasteiger partial charge in [0.25, 0.3) is 5.69 Å². The second-order valence-electron chi connectivity index (χ2n) is 5.49. The van der Waals surface area contributed by atoms with E-state index in [1.54, 1.807) is 0 Å². The van der Waals surface area contributed by atoms with E-state index in [9.17, 15) is 19.3 Å². The summed E-state index contributed by atoms with van der Waals surface area (Å²) >= 11 is 0. The number of rotatable bonds is 5. The van der Waals surface area contributed by atoms with E-state index in [0.29, 0.717) is 31.9 Å². The van der Waals surface area contributed by atoms with Crippen LogP contribution in [0.5, 0.6) is 0 Å². The van der Waals surface area contributed by atoms with Gasteiger partial charge in [0.15, 0.2) is 5.82 Å². The van der Waals surface area contributed by atoms with E-state index in [0.717, 1.165) is 12.5 Å². The van der Waals surface area contributed by atoms with Crippen LogP contribution in [-0.2, 0) is 4.79 Å². The fourth-order valence-electron chi connectivity index (χ4n) is 2.64. The van der Waals surface area contributed by atoms with Gasteiger partial charge in [0.2, 0.25) is 5.91 Å². The Kier molecular flexibility index (Phi) is 6.09. The summed E-state index contributed by atoms with van der Waals surface area (Å²) in [6, 6.07) is 3.67. The molecule has 1 aromatic carbocycles. The zero-order chi connectivity index (χ0) is 17.5. The van der Waals surface area contributed by atoms with Crippen LogP contribution in [-0.4, -0.2) is 55.0 Å². The van der Waals surface area contributed by atoms with E-state index in [1.807, 2.05) is 9.80 Å². The van der Waals surface area contributed by atoms with Crippen molar-refractivity contribution in [1.82, 2.24) is 10.2 Å². The van der Waals surface area contributed by atoms with Gasteiger partial charge in [-0.05, 0) is 12.5 Å². The van der Waals surface area contributed by atoms with Crippen LogP contribution >= 0.6 is 0 Å². The third-order valence-electron chi connectivity index (χ3n) is 3.83. The number of carbonyl (C=O) groups excluding carboxylic acids is 1. The zero-order valence-electron chi connectivity index (χ0n) is 13.2. The van der Waals surface area contributed by atoms with Crippen molar-refractivity contribution in [3.05, 3.63) is 34.1 Å². The van der Waals surface area contributed by atoms with E-state index in [1.165, 1.54) is 12.1 Å². The number of anilines is 1. The SMILES string of the molecule is C#CCNC(=O)CN1CCCN(c2ccc([N+](=O)[O-])cc2F)CC1. The lowest BCUT2D eigenvalue weighted by atomic mass is 10.2. The molecule has 7 nitrogen and oxygen atoms in total. The first-order valence-corrected chi connectivity index (χ1v) is 7.62. The highest BCUT2D eigenvalue weighted by Gasteiger charge is 2.20. The third kappa shape index (κ3) is 4.67. The van der Waals surface area contributed by atoms with Crippen molar-refractivity contribution < 1.29 is 14.1 Å². The Labute approximate surface area is 139 Å². The smallest absolute Gasteiger partial charge is 0.272 e. The average Bonchev–Trinajstić information content (AvgIpc) is 2.78. The fourth-order valence-corrected chi connectivity index (χ4v) is 2.64. The molecule has 1 heterocycles. The van der Waals surface area contributed by atoms with Crippen LogP contribution in [0, 0.1) is 28.3 Å². The summed E-state index contributed by atoms with van der Waals surface area (Å²) in [5.41, 5.74) is 0.0807. The topological polar surface area (TPSA) is 78.7 Å². The monoisotopic (exact) mass is 334 g/mol. The lowest BCUT2D eigenvalue weighted by Gasteiger charge is -2.23. The third-order valence-corrected chi connectivity index (χ3v) is 3.83. The van der Waals surface area contributed by atoms with Gasteiger partial charge in [0, 0.05) is 32.2 Å². The summed E-state index contributed by atoms with van der Waals surface area (Å²) in [6.45, 7) is 2.92. The molecule has 0 aromatic heterocycles. The Morgan fingerprint density at radius 2 is 2.17 bits per heavy atom. The Hall–Kier alpha value is -2.66. The van der Waals surface area contributed by atoms with Gasteiger partial charge in [-0.25, -0.2) is 4.39 Å². The maximum absolute atomic E-state index is 14.1. The Bertz CT molecular complexity index is 659. The molecular formula is C16H19FN4O3. The van der Waals surface area contributed by atoms with Crippen molar-refractivity contribution in [2.45, 2.75) is 6.42 Å². The molecule has 1 aliphatic heterocycles. The quantitative estimate of drug-likeness (QED) is 0.494. The molecule has 1 amide bonds. The van der Waals surface area contributed by atoms with Gasteiger partial charge in [-0.2, -0.15) is 0 Å². The normalized spacial score (nSPS) is 15.4. The van der Waals surface area contributed by atoms with Crippen molar-refractivity contribution in [3.63, 3.8) is 0 Å². The number of benzene rings is 1. The molecule has 1 aliphatic rings. The number of halogens is 1. The number of carbonyl (C=O) groups is 1. The molecular weight excluding hydrogens is 315 g/mol. The highest BCUT2D eigenvalue weighted by Crippen LogP contribution is 2.25. The maximum Gasteiger partial charge on any atom is 0.272 e. The minimum atomic E-state index is -0.619. The highest BCUT2D eigenvalue weighted by atomic mass is 19.1. The molecule has 0 spiro atoms. The molecule has 0 unspecified atom stereocenters. The minimum Gasteiger partial charge on any atom is -0.368 e. The van der Waals surface area contributed by atoms with Crippen LogP contribution in [0.25, 0.3) is 0 Å². The molecule has 0 aliphatic carbocycles. The van der Waals surface area contributed by atoms with Gasteiger partial charge in [-0.1, -0.05) is 5.92 Å². The van der Waals surface area contributed by atoms with E-state index in [-0.39, 0.29) is 24.7 Å². The van der Waals surface area contributed by atoms with Gasteiger partial charge in [0.1, 0.15) is 0 Å². The molecule has 0 atom stereocenters. The molecule has 128 valence electrons. The van der Waals surface area contributed by atoms with Gasteiger partial charge in [0.05, 0.1) is 29.8 Å². The number of terminal acetylenes is 1. The predicted octanol–water partition coefficient (Wildman–Crippen LogP) is 0.995. The predicted molar refractivity (Wildman–Crippen MR) is 88.2 cm³/mol. The van der Waals surface area contributed by atoms with Crippen LogP contribution < -0.4 is 10.2 Å². The molecule has 1 N–H and O–H groups in total. The Morgan fingerprint density at radius 3 is 2.83 bits per heavy atom. The summed E-state index contributed by atoms with van der Waals surface area (Å²) in [7, 11) is 0. The van der Waals surface area contributed by atoms with Gasteiger partial charge >= 0.3 is 0 Å². The summed E-state index contributed by atoms with van der Waals surface area (Å²) in [5.74, 6) is 1.60. The lowest BCUT2D eigenvalue weighted by Crippen LogP contribution is -2.39. The molecule has 0 saturated carbocycles. The first kappa shape index (κ1) is 17.7. The average molecular weight is 334 g/mol. The number of nitrogens with one attached hydrogen (secondary N) is 1. The Morgan fingerprint density at radius 1 is 1.38 bits per heavy atom. The summed E-state index contributed by atoms with van der Waals surface area (Å²) in [5, 5.41) is 13.3. The van der Waals surface area contributed by atoms with Gasteiger partial charge < -0.3 is 10.2 Å². The molecule has 8 heteroatoms. The number of amides is 1. The lowest BCUT2D eigenvalue weighted by molar-refractivity contribution is -0.385. The molecule has 1 aromatic rings. The van der Waals surface area contributed by atoms with Crippen LogP contribution in [0.1, 0.15) is 6.42 Å². The van der Waals surface area contributed by atoms with E-state index >= 15 is 0 Å². The van der Waals surface area contributed by atoms with Crippen LogP contribution in [0.2, 0.25) is 0 Å². The first-order valence-electron chi connectivity index (χ1n) is 7.62. The highest BCUT2D eigenvalue weighted by molar-refractivity contribution is 5.78. The zero-order valence-corrected chi connectivity index (χ0v) is 13.2. The number of non-ortho nitro benzene ring substituents is 1. The van der Waals surface area contributed by atoms with Gasteiger partial charge in [-0.3, -0.25) is 19.8 Å². The fraction of sp³-hybridized carbons (Fsp3) is 0.438. The van der Waals surface area contributed by atoms with Crippen molar-refractivity contribution >= 4 is 17.3 Å². The number of nitrogens with zero attached hydrogens (tertiary/aromatic N) is 3.